The van der Waals surface area contributed by atoms with Gasteiger partial charge in [0, 0.05) is 12.6 Å². The van der Waals surface area contributed by atoms with E-state index in [0.717, 1.165) is 0 Å². The SMILES string of the molecule is CCNC(=O)C1=[N+](O)C(=O)CC=C1. The van der Waals surface area contributed by atoms with Crippen LogP contribution in [-0.2, 0) is 9.59 Å². The van der Waals surface area contributed by atoms with E-state index >= 15 is 0 Å². The smallest absolute Gasteiger partial charge is 0.347 e. The van der Waals surface area contributed by atoms with E-state index in [1.807, 2.05) is 0 Å². The number of hydroxylamine groups is 1. The highest BCUT2D eigenvalue weighted by Crippen LogP contribution is 1.97. The zero-order valence-electron chi connectivity index (χ0n) is 7.28. The second kappa shape index (κ2) is 3.84. The van der Waals surface area contributed by atoms with Gasteiger partial charge in [0.1, 0.15) is 0 Å². The maximum absolute atomic E-state index is 11.2. The van der Waals surface area contributed by atoms with Crippen molar-refractivity contribution in [2.24, 2.45) is 0 Å². The van der Waals surface area contributed by atoms with Crippen LogP contribution in [0.4, 0.5) is 0 Å². The minimum atomic E-state index is -0.497. The van der Waals surface area contributed by atoms with Crippen LogP contribution in [-0.4, -0.2) is 34.0 Å². The molecule has 5 heteroatoms. The number of hydrogen-bond donors (Lipinski definition) is 2. The topological polar surface area (TPSA) is 69.4 Å². The molecule has 0 unspecified atom stereocenters. The fourth-order valence-corrected chi connectivity index (χ4v) is 0.986. The Morgan fingerprint density at radius 3 is 3.08 bits per heavy atom. The van der Waals surface area contributed by atoms with Crippen LogP contribution in [0.15, 0.2) is 12.2 Å². The van der Waals surface area contributed by atoms with E-state index in [1.54, 1.807) is 13.0 Å². The van der Waals surface area contributed by atoms with Crippen LogP contribution in [0.25, 0.3) is 0 Å². The summed E-state index contributed by atoms with van der Waals surface area (Å²) in [5.74, 6) is -0.946. The van der Waals surface area contributed by atoms with Crippen molar-refractivity contribution in [3.63, 3.8) is 0 Å². The number of rotatable bonds is 2. The van der Waals surface area contributed by atoms with Gasteiger partial charge in [-0.15, -0.1) is 0 Å². The molecule has 0 atom stereocenters. The fraction of sp³-hybridized carbons (Fsp3) is 0.375. The van der Waals surface area contributed by atoms with Crippen molar-refractivity contribution in [2.75, 3.05) is 6.54 Å². The van der Waals surface area contributed by atoms with Gasteiger partial charge in [0.2, 0.25) is 0 Å². The number of carbonyl (C=O) groups is 2. The first-order valence-corrected chi connectivity index (χ1v) is 4.00. The molecular weight excluding hydrogens is 172 g/mol. The molecule has 1 aliphatic rings. The lowest BCUT2D eigenvalue weighted by Gasteiger charge is -2.01. The van der Waals surface area contributed by atoms with E-state index in [-0.39, 0.29) is 12.1 Å². The van der Waals surface area contributed by atoms with Crippen LogP contribution in [0.1, 0.15) is 13.3 Å². The zero-order valence-corrected chi connectivity index (χ0v) is 7.28. The Hall–Kier alpha value is -1.65. The van der Waals surface area contributed by atoms with E-state index < -0.39 is 11.8 Å². The molecule has 0 saturated carbocycles. The first-order valence-electron chi connectivity index (χ1n) is 4.00. The molecule has 1 heterocycles. The molecule has 2 N–H and O–H groups in total. The van der Waals surface area contributed by atoms with Crippen molar-refractivity contribution < 1.29 is 19.5 Å². The average Bonchev–Trinajstić information content (AvgIpc) is 2.10. The van der Waals surface area contributed by atoms with Gasteiger partial charge in [-0.1, -0.05) is 6.08 Å². The minimum absolute atomic E-state index is 0.0295. The van der Waals surface area contributed by atoms with E-state index in [0.29, 0.717) is 11.3 Å². The van der Waals surface area contributed by atoms with Gasteiger partial charge in [0.25, 0.3) is 0 Å². The Morgan fingerprint density at radius 2 is 2.46 bits per heavy atom. The number of hydrogen-bond acceptors (Lipinski definition) is 3. The Bertz CT molecular complexity index is 305. The quantitative estimate of drug-likeness (QED) is 0.343. The maximum Gasteiger partial charge on any atom is 0.438 e. The van der Waals surface area contributed by atoms with E-state index in [9.17, 15) is 9.59 Å². The van der Waals surface area contributed by atoms with Crippen LogP contribution in [0, 0.1) is 0 Å². The summed E-state index contributed by atoms with van der Waals surface area (Å²) in [6, 6.07) is 0. The normalized spacial score (nSPS) is 16.2. The molecule has 0 radical (unpaired) electrons. The first-order chi connectivity index (χ1) is 6.16. The molecule has 0 saturated heterocycles. The van der Waals surface area contributed by atoms with Crippen molar-refractivity contribution in [3.8, 4) is 0 Å². The van der Waals surface area contributed by atoms with Gasteiger partial charge in [-0.2, -0.15) is 0 Å². The monoisotopic (exact) mass is 183 g/mol. The lowest BCUT2D eigenvalue weighted by atomic mass is 10.2. The summed E-state index contributed by atoms with van der Waals surface area (Å²) in [7, 11) is 0. The van der Waals surface area contributed by atoms with E-state index in [1.165, 1.54) is 6.08 Å². The second-order valence-electron chi connectivity index (χ2n) is 2.56. The van der Waals surface area contributed by atoms with Crippen LogP contribution < -0.4 is 5.32 Å². The summed E-state index contributed by atoms with van der Waals surface area (Å²) in [4.78, 5) is 22.1. The Morgan fingerprint density at radius 1 is 1.77 bits per heavy atom. The number of carbonyl (C=O) groups excluding carboxylic acids is 2. The number of nitrogens with one attached hydrogen (secondary N) is 1. The third-order valence-corrected chi connectivity index (χ3v) is 1.60. The Balaban J connectivity index is 2.89. The lowest BCUT2D eigenvalue weighted by Crippen LogP contribution is -2.38. The van der Waals surface area contributed by atoms with Crippen molar-refractivity contribution in [1.29, 1.82) is 0 Å². The average molecular weight is 183 g/mol. The van der Waals surface area contributed by atoms with Crippen molar-refractivity contribution in [1.82, 2.24) is 5.32 Å². The molecule has 0 spiro atoms. The van der Waals surface area contributed by atoms with Gasteiger partial charge in [0.05, 0.1) is 11.2 Å². The molecule has 70 valence electrons. The number of nitrogens with zero attached hydrogens (tertiary/aromatic N) is 1. The van der Waals surface area contributed by atoms with Gasteiger partial charge in [-0.25, -0.2) is 4.79 Å². The minimum Gasteiger partial charge on any atom is -0.347 e. The number of amides is 2. The molecule has 5 nitrogen and oxygen atoms in total. The molecule has 1 aliphatic heterocycles. The summed E-state index contributed by atoms with van der Waals surface area (Å²) >= 11 is 0. The molecular formula is C8H11N2O3+. The van der Waals surface area contributed by atoms with Crippen LogP contribution in [0.3, 0.4) is 0 Å². The van der Waals surface area contributed by atoms with Crippen molar-refractivity contribution in [2.45, 2.75) is 13.3 Å². The summed E-state index contributed by atoms with van der Waals surface area (Å²) in [5, 5.41) is 11.7. The predicted octanol–water partition coefficient (Wildman–Crippen LogP) is -0.548. The van der Waals surface area contributed by atoms with Gasteiger partial charge < -0.3 is 5.32 Å². The summed E-state index contributed by atoms with van der Waals surface area (Å²) in [6.07, 6.45) is 3.09. The summed E-state index contributed by atoms with van der Waals surface area (Å²) in [5.41, 5.74) is -0.0295. The first kappa shape index (κ1) is 9.44. The van der Waals surface area contributed by atoms with Crippen molar-refractivity contribution in [3.05, 3.63) is 12.2 Å². The Labute approximate surface area is 75.3 Å². The molecule has 0 aromatic carbocycles. The van der Waals surface area contributed by atoms with Gasteiger partial charge in [-0.05, 0) is 6.92 Å². The molecule has 0 aromatic rings. The third kappa shape index (κ3) is 1.93. The van der Waals surface area contributed by atoms with Crippen LogP contribution in [0.5, 0.6) is 0 Å². The maximum atomic E-state index is 11.2. The predicted molar refractivity (Wildman–Crippen MR) is 44.5 cm³/mol. The molecule has 0 fully saturated rings. The highest BCUT2D eigenvalue weighted by molar-refractivity contribution is 6.42. The molecule has 0 aromatic heterocycles. The lowest BCUT2D eigenvalue weighted by molar-refractivity contribution is -0.704. The van der Waals surface area contributed by atoms with Gasteiger partial charge in [-0.3, -0.25) is 10.0 Å². The van der Waals surface area contributed by atoms with Gasteiger partial charge >= 0.3 is 17.5 Å². The third-order valence-electron chi connectivity index (χ3n) is 1.60. The zero-order chi connectivity index (χ0) is 9.84. The summed E-state index contributed by atoms with van der Waals surface area (Å²) in [6.45, 7) is 2.22. The highest BCUT2D eigenvalue weighted by atomic mass is 16.5. The molecule has 1 rings (SSSR count). The fourth-order valence-electron chi connectivity index (χ4n) is 0.986. The van der Waals surface area contributed by atoms with Crippen LogP contribution in [0.2, 0.25) is 0 Å². The van der Waals surface area contributed by atoms with E-state index in [4.69, 9.17) is 5.21 Å². The Kier molecular flexibility index (Phi) is 2.79. The van der Waals surface area contributed by atoms with Crippen LogP contribution >= 0.6 is 0 Å². The highest BCUT2D eigenvalue weighted by Gasteiger charge is 2.29. The molecule has 0 aliphatic carbocycles. The van der Waals surface area contributed by atoms with E-state index in [2.05, 4.69) is 5.32 Å². The molecule has 2 amide bonds. The molecule has 13 heavy (non-hydrogen) atoms. The molecule has 0 bridgehead atoms. The standard InChI is InChI=1S/C8H10N2O3/c1-2-9-8(12)6-4-3-5-7(11)10(6)13/h3-4H,2,5H2,1H3,(H-,9,12,13)/p+1. The second-order valence-corrected chi connectivity index (χ2v) is 2.56. The largest absolute Gasteiger partial charge is 0.438 e. The summed E-state index contributed by atoms with van der Waals surface area (Å²) < 4.78 is 0.380. The van der Waals surface area contributed by atoms with Gasteiger partial charge in [0.15, 0.2) is 0 Å². The van der Waals surface area contributed by atoms with Crippen molar-refractivity contribution >= 4 is 17.5 Å².